The average molecular weight is 260 g/mol. The van der Waals surface area contributed by atoms with E-state index in [-0.39, 0.29) is 0 Å². The minimum absolute atomic E-state index is 0.525. The zero-order chi connectivity index (χ0) is 12.7. The van der Waals surface area contributed by atoms with Crippen molar-refractivity contribution in [2.24, 2.45) is 0 Å². The molecule has 3 nitrogen and oxygen atoms in total. The van der Waals surface area contributed by atoms with Crippen molar-refractivity contribution in [3.05, 3.63) is 0 Å². The van der Waals surface area contributed by atoms with Gasteiger partial charge in [0.2, 0.25) is 0 Å². The molecule has 0 aromatic carbocycles. The topological polar surface area (TPSA) is 24.5 Å². The van der Waals surface area contributed by atoms with Gasteiger partial charge in [0.1, 0.15) is 0 Å². The molecule has 0 aromatic heterocycles. The second kappa shape index (κ2) is 8.35. The van der Waals surface area contributed by atoms with E-state index in [0.29, 0.717) is 12.1 Å². The van der Waals surface area contributed by atoms with Crippen LogP contribution in [-0.4, -0.2) is 61.3 Å². The van der Waals surface area contributed by atoms with Crippen molar-refractivity contribution in [2.45, 2.75) is 44.5 Å². The molecular weight excluding hydrogens is 232 g/mol. The van der Waals surface area contributed by atoms with Crippen LogP contribution in [0.1, 0.15) is 27.2 Å². The molecule has 4 heteroatoms. The zero-order valence-corrected chi connectivity index (χ0v) is 12.6. The van der Waals surface area contributed by atoms with E-state index in [4.69, 9.17) is 4.74 Å². The maximum absolute atomic E-state index is 5.37. The summed E-state index contributed by atoms with van der Waals surface area (Å²) in [5.74, 6) is 1.26. The summed E-state index contributed by atoms with van der Waals surface area (Å²) in [7, 11) is 1.80. The molecule has 0 spiro atoms. The van der Waals surface area contributed by atoms with Gasteiger partial charge in [-0.05, 0) is 6.42 Å². The summed E-state index contributed by atoms with van der Waals surface area (Å²) < 4.78 is 5.37. The Labute approximate surface area is 111 Å². The van der Waals surface area contributed by atoms with Crippen molar-refractivity contribution in [1.29, 1.82) is 0 Å². The molecule has 2 atom stereocenters. The van der Waals surface area contributed by atoms with Gasteiger partial charge in [0.15, 0.2) is 0 Å². The van der Waals surface area contributed by atoms with Crippen LogP contribution >= 0.6 is 11.8 Å². The lowest BCUT2D eigenvalue weighted by molar-refractivity contribution is 0.0898. The largest absolute Gasteiger partial charge is 0.383 e. The van der Waals surface area contributed by atoms with Crippen LogP contribution in [0.3, 0.4) is 0 Å². The third-order valence-electron chi connectivity index (χ3n) is 3.26. The van der Waals surface area contributed by atoms with Crippen LogP contribution in [0.5, 0.6) is 0 Å². The lowest BCUT2D eigenvalue weighted by atomic mass is 10.2. The predicted molar refractivity (Wildman–Crippen MR) is 76.9 cm³/mol. The highest BCUT2D eigenvalue weighted by Gasteiger charge is 2.25. The predicted octanol–water partition coefficient (Wildman–Crippen LogP) is 1.83. The summed E-state index contributed by atoms with van der Waals surface area (Å²) in [6.07, 6.45) is 1.28. The van der Waals surface area contributed by atoms with E-state index in [1.165, 1.54) is 25.3 Å². The first kappa shape index (κ1) is 15.3. The molecule has 1 aliphatic rings. The molecule has 0 aliphatic carbocycles. The Balaban J connectivity index is 2.44. The summed E-state index contributed by atoms with van der Waals surface area (Å²) in [6, 6.07) is 1.08. The Morgan fingerprint density at radius 1 is 1.47 bits per heavy atom. The molecule has 0 radical (unpaired) electrons. The third-order valence-corrected chi connectivity index (χ3v) is 4.63. The standard InChI is InChI=1S/C13H28N2OS/c1-5-13-9-15(6-7-17-13)12(10-16-4)8-14-11(2)3/h11-14H,5-10H2,1-4H3. The van der Waals surface area contributed by atoms with Gasteiger partial charge in [-0.2, -0.15) is 11.8 Å². The number of thioether (sulfide) groups is 1. The van der Waals surface area contributed by atoms with Crippen molar-refractivity contribution in [2.75, 3.05) is 39.1 Å². The van der Waals surface area contributed by atoms with Crippen molar-refractivity contribution < 1.29 is 4.74 Å². The Bertz CT molecular complexity index is 202. The molecular formula is C13H28N2OS. The molecule has 0 aromatic rings. The van der Waals surface area contributed by atoms with Gasteiger partial charge in [-0.25, -0.2) is 0 Å². The molecule has 1 aliphatic heterocycles. The number of hydrogen-bond donors (Lipinski definition) is 1. The van der Waals surface area contributed by atoms with Crippen LogP contribution in [0.25, 0.3) is 0 Å². The second-order valence-corrected chi connectivity index (χ2v) is 6.48. The maximum Gasteiger partial charge on any atom is 0.0630 e. The van der Waals surface area contributed by atoms with Crippen LogP contribution in [0.2, 0.25) is 0 Å². The summed E-state index contributed by atoms with van der Waals surface area (Å²) in [4.78, 5) is 2.60. The Kier molecular flexibility index (Phi) is 7.51. The highest BCUT2D eigenvalue weighted by Crippen LogP contribution is 2.22. The number of methoxy groups -OCH3 is 1. The van der Waals surface area contributed by atoms with E-state index in [9.17, 15) is 0 Å². The summed E-state index contributed by atoms with van der Waals surface area (Å²) >= 11 is 2.12. The molecule has 1 saturated heterocycles. The molecule has 1 heterocycles. The van der Waals surface area contributed by atoms with Crippen LogP contribution in [0.4, 0.5) is 0 Å². The number of rotatable bonds is 7. The fourth-order valence-corrected chi connectivity index (χ4v) is 3.38. The Morgan fingerprint density at radius 2 is 2.24 bits per heavy atom. The lowest BCUT2D eigenvalue weighted by Gasteiger charge is -2.38. The first-order valence-corrected chi connectivity index (χ1v) is 7.80. The highest BCUT2D eigenvalue weighted by molar-refractivity contribution is 8.00. The van der Waals surface area contributed by atoms with Crippen molar-refractivity contribution in [3.8, 4) is 0 Å². The van der Waals surface area contributed by atoms with E-state index >= 15 is 0 Å². The van der Waals surface area contributed by atoms with Gasteiger partial charge in [0.25, 0.3) is 0 Å². The minimum atomic E-state index is 0.525. The minimum Gasteiger partial charge on any atom is -0.383 e. The molecule has 1 fully saturated rings. The monoisotopic (exact) mass is 260 g/mol. The van der Waals surface area contributed by atoms with Crippen LogP contribution < -0.4 is 5.32 Å². The molecule has 1 N–H and O–H groups in total. The van der Waals surface area contributed by atoms with Gasteiger partial charge < -0.3 is 10.1 Å². The molecule has 0 bridgehead atoms. The molecule has 1 rings (SSSR count). The Hall–Kier alpha value is 0.230. The first-order valence-electron chi connectivity index (χ1n) is 6.75. The van der Waals surface area contributed by atoms with E-state index < -0.39 is 0 Å². The normalized spacial score (nSPS) is 24.2. The molecule has 0 saturated carbocycles. The Morgan fingerprint density at radius 3 is 2.82 bits per heavy atom. The number of nitrogens with one attached hydrogen (secondary N) is 1. The van der Waals surface area contributed by atoms with Gasteiger partial charge in [-0.15, -0.1) is 0 Å². The van der Waals surface area contributed by atoms with Gasteiger partial charge >= 0.3 is 0 Å². The summed E-state index contributed by atoms with van der Waals surface area (Å²) in [5, 5.41) is 4.34. The van der Waals surface area contributed by atoms with E-state index in [1.54, 1.807) is 7.11 Å². The summed E-state index contributed by atoms with van der Waals surface area (Å²) in [5.41, 5.74) is 0. The third kappa shape index (κ3) is 5.60. The number of hydrogen-bond acceptors (Lipinski definition) is 4. The highest BCUT2D eigenvalue weighted by atomic mass is 32.2. The molecule has 17 heavy (non-hydrogen) atoms. The van der Waals surface area contributed by atoms with Crippen LogP contribution in [-0.2, 0) is 4.74 Å². The average Bonchev–Trinajstić information content (AvgIpc) is 2.34. The SMILES string of the molecule is CCC1CN(C(CNC(C)C)COC)CCS1. The van der Waals surface area contributed by atoms with E-state index in [1.807, 2.05) is 0 Å². The van der Waals surface area contributed by atoms with Gasteiger partial charge in [0.05, 0.1) is 6.61 Å². The fourth-order valence-electron chi connectivity index (χ4n) is 2.18. The molecule has 2 unspecified atom stereocenters. The lowest BCUT2D eigenvalue weighted by Crippen LogP contribution is -2.51. The maximum atomic E-state index is 5.37. The van der Waals surface area contributed by atoms with Gasteiger partial charge in [-0.3, -0.25) is 4.90 Å². The fraction of sp³-hybridized carbons (Fsp3) is 1.00. The van der Waals surface area contributed by atoms with Crippen LogP contribution in [0, 0.1) is 0 Å². The van der Waals surface area contributed by atoms with Crippen molar-refractivity contribution in [1.82, 2.24) is 10.2 Å². The van der Waals surface area contributed by atoms with Crippen molar-refractivity contribution in [3.63, 3.8) is 0 Å². The number of ether oxygens (including phenoxy) is 1. The molecule has 0 amide bonds. The van der Waals surface area contributed by atoms with E-state index in [2.05, 4.69) is 42.7 Å². The van der Waals surface area contributed by atoms with Crippen LogP contribution in [0.15, 0.2) is 0 Å². The second-order valence-electron chi connectivity index (χ2n) is 5.07. The van der Waals surface area contributed by atoms with Gasteiger partial charge in [0, 0.05) is 49.8 Å². The molecule has 102 valence electrons. The van der Waals surface area contributed by atoms with Crippen molar-refractivity contribution >= 4 is 11.8 Å². The van der Waals surface area contributed by atoms with Gasteiger partial charge in [-0.1, -0.05) is 20.8 Å². The first-order chi connectivity index (χ1) is 8.17. The van der Waals surface area contributed by atoms with E-state index in [0.717, 1.165) is 18.4 Å². The smallest absolute Gasteiger partial charge is 0.0630 e. The number of nitrogens with zero attached hydrogens (tertiary/aromatic N) is 1. The zero-order valence-electron chi connectivity index (χ0n) is 11.7. The quantitative estimate of drug-likeness (QED) is 0.755. The summed E-state index contributed by atoms with van der Waals surface area (Å²) in [6.45, 7) is 11.0.